The smallest absolute Gasteiger partial charge is 0.263 e. The highest BCUT2D eigenvalue weighted by molar-refractivity contribution is 7.21. The molecule has 0 aliphatic heterocycles. The van der Waals surface area contributed by atoms with Crippen molar-refractivity contribution in [3.05, 3.63) is 16.1 Å². The van der Waals surface area contributed by atoms with Crippen LogP contribution in [0.5, 0.6) is 0 Å². The van der Waals surface area contributed by atoms with Gasteiger partial charge in [-0.1, -0.05) is 6.92 Å². The third-order valence-corrected chi connectivity index (χ3v) is 4.66. The molecule has 0 aromatic carbocycles. The number of carbonyl (C=O) groups is 1. The molecular formula is C14H20N4O2S. The van der Waals surface area contributed by atoms with Crippen molar-refractivity contribution < 1.29 is 9.90 Å². The number of aromatic nitrogens is 2. The number of fused-ring (bicyclic) bond motifs is 1. The summed E-state index contributed by atoms with van der Waals surface area (Å²) in [6.07, 6.45) is 0.659. The molecule has 0 saturated heterocycles. The predicted octanol–water partition coefficient (Wildman–Crippen LogP) is 1.64. The van der Waals surface area contributed by atoms with Crippen molar-refractivity contribution in [3.63, 3.8) is 0 Å². The number of thiophene rings is 1. The summed E-state index contributed by atoms with van der Waals surface area (Å²) >= 11 is 1.26. The van der Waals surface area contributed by atoms with Gasteiger partial charge >= 0.3 is 0 Å². The normalized spacial score (nSPS) is 12.6. The van der Waals surface area contributed by atoms with Crippen LogP contribution in [0.3, 0.4) is 0 Å². The van der Waals surface area contributed by atoms with Crippen LogP contribution in [0.1, 0.15) is 34.3 Å². The number of aliphatic hydroxyl groups is 1. The summed E-state index contributed by atoms with van der Waals surface area (Å²) in [4.78, 5) is 13.4. The summed E-state index contributed by atoms with van der Waals surface area (Å²) in [6, 6.07) is 0. The van der Waals surface area contributed by atoms with Gasteiger partial charge < -0.3 is 16.2 Å². The van der Waals surface area contributed by atoms with E-state index in [1.165, 1.54) is 11.3 Å². The molecule has 2 heterocycles. The van der Waals surface area contributed by atoms with Crippen molar-refractivity contribution in [2.45, 2.75) is 27.2 Å². The van der Waals surface area contributed by atoms with Crippen LogP contribution >= 0.6 is 11.3 Å². The van der Waals surface area contributed by atoms with Crippen molar-refractivity contribution in [3.8, 4) is 0 Å². The second kappa shape index (κ2) is 6.36. The minimum absolute atomic E-state index is 0.121. The number of hydrogen-bond donors (Lipinski definition) is 3. The molecule has 0 spiro atoms. The van der Waals surface area contributed by atoms with Crippen LogP contribution in [0.15, 0.2) is 0 Å². The molecule has 7 heteroatoms. The topological polar surface area (TPSA) is 101 Å². The van der Waals surface area contributed by atoms with Gasteiger partial charge in [0, 0.05) is 18.5 Å². The van der Waals surface area contributed by atoms with Gasteiger partial charge in [0.05, 0.1) is 11.4 Å². The van der Waals surface area contributed by atoms with E-state index in [9.17, 15) is 4.79 Å². The van der Waals surface area contributed by atoms with E-state index in [0.29, 0.717) is 28.4 Å². The van der Waals surface area contributed by atoms with Gasteiger partial charge in [0.15, 0.2) is 0 Å². The second-order valence-electron chi connectivity index (χ2n) is 5.26. The predicted molar refractivity (Wildman–Crippen MR) is 84.5 cm³/mol. The van der Waals surface area contributed by atoms with Crippen molar-refractivity contribution in [1.82, 2.24) is 15.5 Å². The van der Waals surface area contributed by atoms with Crippen LogP contribution in [-0.2, 0) is 0 Å². The summed E-state index contributed by atoms with van der Waals surface area (Å²) in [5.74, 6) is 0.0238. The molecule has 0 saturated carbocycles. The number of aryl methyl sites for hydroxylation is 2. The van der Waals surface area contributed by atoms with Gasteiger partial charge in [-0.25, -0.2) is 0 Å². The van der Waals surface area contributed by atoms with E-state index in [-0.39, 0.29) is 18.4 Å². The molecule has 2 aromatic heterocycles. The first-order valence-corrected chi connectivity index (χ1v) is 7.68. The number of anilines is 1. The van der Waals surface area contributed by atoms with Crippen LogP contribution in [0.4, 0.5) is 5.69 Å². The quantitative estimate of drug-likeness (QED) is 0.779. The lowest BCUT2D eigenvalue weighted by Gasteiger charge is -2.10. The maximum Gasteiger partial charge on any atom is 0.263 e. The van der Waals surface area contributed by atoms with Gasteiger partial charge in [-0.05, 0) is 31.7 Å². The molecule has 1 unspecified atom stereocenters. The Bertz CT molecular complexity index is 669. The number of nitrogen functional groups attached to an aromatic ring is 1. The molecule has 2 rings (SSSR count). The highest BCUT2D eigenvalue weighted by Crippen LogP contribution is 2.34. The second-order valence-corrected chi connectivity index (χ2v) is 6.26. The van der Waals surface area contributed by atoms with E-state index >= 15 is 0 Å². The van der Waals surface area contributed by atoms with E-state index in [1.807, 2.05) is 20.8 Å². The molecule has 0 fully saturated rings. The fraction of sp³-hybridized carbons (Fsp3) is 0.500. The minimum atomic E-state index is -0.197. The first-order valence-electron chi connectivity index (χ1n) is 6.86. The Morgan fingerprint density at radius 3 is 2.81 bits per heavy atom. The lowest BCUT2D eigenvalue weighted by Crippen LogP contribution is -2.28. The van der Waals surface area contributed by atoms with Gasteiger partial charge in [-0.15, -0.1) is 16.4 Å². The summed E-state index contributed by atoms with van der Waals surface area (Å²) in [5, 5.41) is 20.7. The summed E-state index contributed by atoms with van der Waals surface area (Å²) in [7, 11) is 0. The highest BCUT2D eigenvalue weighted by atomic mass is 32.1. The van der Waals surface area contributed by atoms with Gasteiger partial charge in [0.1, 0.15) is 9.71 Å². The fourth-order valence-corrected chi connectivity index (χ4v) is 3.10. The third-order valence-electron chi connectivity index (χ3n) is 3.57. The molecule has 0 bridgehead atoms. The standard InChI is InChI=1S/C14H20N4O2S/c1-7(4-5-19)6-16-13(20)12-11(15)10-8(2)9(3)17-18-14(10)21-12/h7,19H,4-6,15H2,1-3H3,(H,16,20). The monoisotopic (exact) mass is 308 g/mol. The summed E-state index contributed by atoms with van der Waals surface area (Å²) in [5.41, 5.74) is 8.36. The number of amides is 1. The van der Waals surface area contributed by atoms with Gasteiger partial charge in [-0.2, -0.15) is 5.10 Å². The van der Waals surface area contributed by atoms with E-state index < -0.39 is 0 Å². The molecule has 0 aliphatic rings. The lowest BCUT2D eigenvalue weighted by molar-refractivity contribution is 0.0950. The zero-order valence-electron chi connectivity index (χ0n) is 12.4. The molecule has 6 nitrogen and oxygen atoms in total. The molecule has 1 atom stereocenters. The van der Waals surface area contributed by atoms with E-state index in [2.05, 4.69) is 15.5 Å². The Hall–Kier alpha value is -1.73. The SMILES string of the molecule is Cc1nnc2sc(C(=O)NCC(C)CCO)c(N)c2c1C. The molecule has 1 amide bonds. The largest absolute Gasteiger partial charge is 0.397 e. The minimum Gasteiger partial charge on any atom is -0.397 e. The molecular weight excluding hydrogens is 288 g/mol. The molecule has 21 heavy (non-hydrogen) atoms. The lowest BCUT2D eigenvalue weighted by atomic mass is 10.1. The maximum atomic E-state index is 12.2. The zero-order valence-corrected chi connectivity index (χ0v) is 13.3. The van der Waals surface area contributed by atoms with Gasteiger partial charge in [-0.3, -0.25) is 4.79 Å². The van der Waals surface area contributed by atoms with Crippen LogP contribution in [0.2, 0.25) is 0 Å². The Balaban J connectivity index is 2.24. The summed E-state index contributed by atoms with van der Waals surface area (Å²) in [6.45, 7) is 6.41. The summed E-state index contributed by atoms with van der Waals surface area (Å²) < 4.78 is 0. The van der Waals surface area contributed by atoms with Gasteiger partial charge in [0.2, 0.25) is 0 Å². The van der Waals surface area contributed by atoms with Crippen LogP contribution in [-0.4, -0.2) is 34.4 Å². The number of rotatable bonds is 5. The molecule has 2 aromatic rings. The van der Waals surface area contributed by atoms with Crippen molar-refractivity contribution in [2.75, 3.05) is 18.9 Å². The van der Waals surface area contributed by atoms with Crippen molar-refractivity contribution in [1.29, 1.82) is 0 Å². The van der Waals surface area contributed by atoms with Crippen LogP contribution in [0.25, 0.3) is 10.2 Å². The Labute approximate surface area is 127 Å². The van der Waals surface area contributed by atoms with Crippen LogP contribution < -0.4 is 11.1 Å². The fourth-order valence-electron chi connectivity index (χ4n) is 2.08. The zero-order chi connectivity index (χ0) is 15.6. The van der Waals surface area contributed by atoms with E-state index in [1.54, 1.807) is 0 Å². The Morgan fingerprint density at radius 2 is 2.14 bits per heavy atom. The highest BCUT2D eigenvalue weighted by Gasteiger charge is 2.20. The first-order chi connectivity index (χ1) is 9.95. The average Bonchev–Trinajstić information content (AvgIpc) is 2.78. The average molecular weight is 308 g/mol. The molecule has 114 valence electrons. The Kier molecular flexibility index (Phi) is 4.74. The van der Waals surface area contributed by atoms with Crippen LogP contribution in [0, 0.1) is 19.8 Å². The van der Waals surface area contributed by atoms with Crippen molar-refractivity contribution in [2.24, 2.45) is 5.92 Å². The van der Waals surface area contributed by atoms with Gasteiger partial charge in [0.25, 0.3) is 5.91 Å². The maximum absolute atomic E-state index is 12.2. The number of hydrogen-bond acceptors (Lipinski definition) is 6. The third kappa shape index (κ3) is 3.14. The molecule has 0 aliphatic carbocycles. The first kappa shape index (κ1) is 15.7. The number of nitrogens with zero attached hydrogens (tertiary/aromatic N) is 2. The molecule has 4 N–H and O–H groups in total. The van der Waals surface area contributed by atoms with E-state index in [4.69, 9.17) is 10.8 Å². The number of aliphatic hydroxyl groups excluding tert-OH is 1. The number of carbonyl (C=O) groups excluding carboxylic acids is 1. The number of nitrogens with one attached hydrogen (secondary N) is 1. The Morgan fingerprint density at radius 1 is 1.43 bits per heavy atom. The molecule has 0 radical (unpaired) electrons. The van der Waals surface area contributed by atoms with E-state index in [0.717, 1.165) is 16.6 Å². The van der Waals surface area contributed by atoms with Crippen molar-refractivity contribution >= 4 is 33.1 Å². The number of nitrogens with two attached hydrogens (primary N) is 1.